The van der Waals surface area contributed by atoms with Crippen molar-refractivity contribution in [2.24, 2.45) is 0 Å². The van der Waals surface area contributed by atoms with Crippen molar-refractivity contribution in [2.75, 3.05) is 0 Å². The normalized spacial score (nSPS) is 3.00. The fraction of sp³-hybridized carbons (Fsp3) is 0. The molecule has 0 amide bonds. The molecule has 0 unspecified atom stereocenters. The Balaban J connectivity index is -0.00000000750. The van der Waals surface area contributed by atoms with Crippen LogP contribution in [0.4, 0.5) is 0 Å². The van der Waals surface area contributed by atoms with Crippen molar-refractivity contribution < 1.29 is 75.5 Å². The van der Waals surface area contributed by atoms with E-state index in [1.165, 1.54) is 0 Å². The minimum absolute atomic E-state index is 0. The molecule has 3 radical (unpaired) electrons. The number of hydrogen-bond donors (Lipinski definition) is 0. The van der Waals surface area contributed by atoms with Crippen LogP contribution in [0, 0.1) is 0 Å². The van der Waals surface area contributed by atoms with Crippen LogP contribution in [0.5, 0.6) is 0 Å². The maximum Gasteiger partial charge on any atom is 1.00 e. The van der Waals surface area contributed by atoms with Crippen molar-refractivity contribution in [3.63, 3.8) is 0 Å². The predicted molar refractivity (Wildman–Crippen MR) is 14.0 cm³/mol. The SMILES string of the molecule is O=CO[O-].[B].[H-].[Na+].[Na+]. The minimum Gasteiger partial charge on any atom is -1.00 e. The van der Waals surface area contributed by atoms with E-state index in [2.05, 4.69) is 4.89 Å². The summed E-state index contributed by atoms with van der Waals surface area (Å²) in [4.78, 5) is 11.2. The van der Waals surface area contributed by atoms with Crippen LogP contribution in [0.3, 0.4) is 0 Å². The topological polar surface area (TPSA) is 49.4 Å². The summed E-state index contributed by atoms with van der Waals surface area (Å²) in [5.41, 5.74) is 0. The third kappa shape index (κ3) is 36.4. The van der Waals surface area contributed by atoms with Crippen LogP contribution in [0.1, 0.15) is 1.43 Å². The zero-order valence-electron chi connectivity index (χ0n) is 5.38. The van der Waals surface area contributed by atoms with Crippen LogP contribution in [-0.2, 0) is 9.68 Å². The molecule has 0 fully saturated rings. The summed E-state index contributed by atoms with van der Waals surface area (Å²) in [6.45, 7) is -0.181. The van der Waals surface area contributed by atoms with Gasteiger partial charge in [-0.1, -0.05) is 0 Å². The molecule has 6 heteroatoms. The van der Waals surface area contributed by atoms with Crippen LogP contribution in [0.2, 0.25) is 0 Å². The van der Waals surface area contributed by atoms with Gasteiger partial charge in [-0.15, -0.1) is 0 Å². The molecule has 29 valence electrons. The van der Waals surface area contributed by atoms with Gasteiger partial charge in [-0.3, -0.25) is 4.79 Å². The van der Waals surface area contributed by atoms with E-state index in [9.17, 15) is 0 Å². The number of hydrogen-bond acceptors (Lipinski definition) is 3. The van der Waals surface area contributed by atoms with Crippen molar-refractivity contribution in [2.45, 2.75) is 0 Å². The van der Waals surface area contributed by atoms with Crippen LogP contribution >= 0.6 is 0 Å². The van der Waals surface area contributed by atoms with Gasteiger partial charge in [-0.25, -0.2) is 0 Å². The Morgan fingerprint density at radius 2 is 1.71 bits per heavy atom. The molecule has 0 aliphatic rings. The Hall–Kier alpha value is 1.49. The molecule has 0 saturated carbocycles. The summed E-state index contributed by atoms with van der Waals surface area (Å²) < 4.78 is 0. The molecule has 0 aromatic heterocycles. The first-order chi connectivity index (χ1) is 1.91. The molecular weight excluding hydrogens is 117 g/mol. The summed E-state index contributed by atoms with van der Waals surface area (Å²) in [6.07, 6.45) is 0. The molecule has 3 nitrogen and oxygen atoms in total. The number of rotatable bonds is 1. The Kier molecular flexibility index (Phi) is 87.3. The van der Waals surface area contributed by atoms with Crippen LogP contribution in [-0.4, -0.2) is 14.9 Å². The van der Waals surface area contributed by atoms with Gasteiger partial charge in [0.25, 0.3) is 6.47 Å². The van der Waals surface area contributed by atoms with E-state index in [-0.39, 0.29) is 75.4 Å². The fourth-order valence-corrected chi connectivity index (χ4v) is 0. The molecule has 0 saturated heterocycles. The molecule has 0 spiro atoms. The molecule has 0 aromatic carbocycles. The van der Waals surface area contributed by atoms with Gasteiger partial charge in [0.2, 0.25) is 0 Å². The average molecular weight is 119 g/mol. The van der Waals surface area contributed by atoms with E-state index in [1.807, 2.05) is 0 Å². The molecular formula is CH2BNa2O3. The Bertz CT molecular complexity index is 31.2. The number of carbonyl (C=O) groups is 1. The smallest absolute Gasteiger partial charge is 1.00 e. The van der Waals surface area contributed by atoms with E-state index in [0.717, 1.165) is 0 Å². The quantitative estimate of drug-likeness (QED) is 0.149. The van der Waals surface area contributed by atoms with Crippen molar-refractivity contribution in [3.8, 4) is 0 Å². The van der Waals surface area contributed by atoms with Crippen LogP contribution < -0.4 is 64.4 Å². The standard InChI is InChI=1S/CH2O3.B.2Na.H/c2-1-4-3;;;;/h1,3H;;;;/q;;2*+1;-1/p-1. The third-order valence-corrected chi connectivity index (χ3v) is 0.0393. The molecule has 0 rings (SSSR count). The van der Waals surface area contributed by atoms with E-state index < -0.39 is 0 Å². The molecule has 0 aromatic rings. The molecule has 7 heavy (non-hydrogen) atoms. The van der Waals surface area contributed by atoms with Gasteiger partial charge >= 0.3 is 59.1 Å². The molecule has 0 aliphatic carbocycles. The summed E-state index contributed by atoms with van der Waals surface area (Å²) in [7, 11) is 0. The first-order valence-corrected chi connectivity index (χ1v) is 0.638. The monoisotopic (exact) mass is 119 g/mol. The minimum atomic E-state index is -0.181. The van der Waals surface area contributed by atoms with E-state index in [0.29, 0.717) is 0 Å². The molecule has 0 atom stereocenters. The van der Waals surface area contributed by atoms with Gasteiger partial charge in [0, 0.05) is 8.41 Å². The Labute approximate surface area is 89.4 Å². The molecule has 0 bridgehead atoms. The predicted octanol–water partition coefficient (Wildman–Crippen LogP) is -7.83. The second-order valence-electron chi connectivity index (χ2n) is 0.192. The zero-order chi connectivity index (χ0) is 3.41. The van der Waals surface area contributed by atoms with Crippen LogP contribution in [0.25, 0.3) is 0 Å². The second kappa shape index (κ2) is 25.9. The van der Waals surface area contributed by atoms with Crippen molar-refractivity contribution in [1.29, 1.82) is 0 Å². The van der Waals surface area contributed by atoms with Gasteiger partial charge < -0.3 is 11.6 Å². The Morgan fingerprint density at radius 3 is 1.71 bits per heavy atom. The molecule has 0 aliphatic heterocycles. The second-order valence-corrected chi connectivity index (χ2v) is 0.192. The van der Waals surface area contributed by atoms with Crippen molar-refractivity contribution in [3.05, 3.63) is 0 Å². The van der Waals surface area contributed by atoms with Gasteiger partial charge in [0.05, 0.1) is 0 Å². The number of carbonyl (C=O) groups excluding carboxylic acids is 1. The van der Waals surface area contributed by atoms with Crippen LogP contribution in [0.15, 0.2) is 0 Å². The summed E-state index contributed by atoms with van der Waals surface area (Å²) in [5, 5.41) is 8.43. The van der Waals surface area contributed by atoms with Crippen molar-refractivity contribution >= 4 is 14.9 Å². The van der Waals surface area contributed by atoms with Gasteiger partial charge in [0.1, 0.15) is 0 Å². The summed E-state index contributed by atoms with van der Waals surface area (Å²) >= 11 is 0. The third-order valence-electron chi connectivity index (χ3n) is 0.0393. The maximum absolute atomic E-state index is 8.64. The Morgan fingerprint density at radius 1 is 1.57 bits per heavy atom. The van der Waals surface area contributed by atoms with Gasteiger partial charge in [0.15, 0.2) is 0 Å². The summed E-state index contributed by atoms with van der Waals surface area (Å²) in [6, 6.07) is 0. The van der Waals surface area contributed by atoms with Gasteiger partial charge in [-0.2, -0.15) is 0 Å². The first-order valence-electron chi connectivity index (χ1n) is 0.638. The fourth-order valence-electron chi connectivity index (χ4n) is 0. The molecule has 0 heterocycles. The van der Waals surface area contributed by atoms with E-state index in [1.54, 1.807) is 0 Å². The maximum atomic E-state index is 8.64. The van der Waals surface area contributed by atoms with E-state index >= 15 is 0 Å². The zero-order valence-corrected chi connectivity index (χ0v) is 8.38. The van der Waals surface area contributed by atoms with E-state index in [4.69, 9.17) is 10.1 Å². The van der Waals surface area contributed by atoms with Gasteiger partial charge in [-0.05, 0) is 0 Å². The summed E-state index contributed by atoms with van der Waals surface area (Å²) in [5.74, 6) is 0. The first kappa shape index (κ1) is 23.6. The largest absolute Gasteiger partial charge is 1.00 e. The molecule has 0 N–H and O–H groups in total. The average Bonchev–Trinajstić information content (AvgIpc) is 1.37. The van der Waals surface area contributed by atoms with Crippen molar-refractivity contribution in [1.82, 2.24) is 0 Å².